The first-order valence-electron chi connectivity index (χ1n) is 7.97. The van der Waals surface area contributed by atoms with Gasteiger partial charge in [-0.25, -0.2) is 4.79 Å². The molecule has 22 heavy (non-hydrogen) atoms. The van der Waals surface area contributed by atoms with E-state index in [9.17, 15) is 9.59 Å². The van der Waals surface area contributed by atoms with Crippen molar-refractivity contribution < 1.29 is 14.3 Å². The van der Waals surface area contributed by atoms with Gasteiger partial charge in [0.2, 0.25) is 0 Å². The van der Waals surface area contributed by atoms with E-state index < -0.39 is 5.60 Å². The van der Waals surface area contributed by atoms with Gasteiger partial charge in [0.15, 0.2) is 5.78 Å². The maximum Gasteiger partial charge on any atom is 0.410 e. The summed E-state index contributed by atoms with van der Waals surface area (Å²) in [5, 5.41) is 0. The lowest BCUT2D eigenvalue weighted by Crippen LogP contribution is -2.39. The molecule has 1 heterocycles. The first kappa shape index (κ1) is 15.1. The number of fused-ring (bicyclic) bond motifs is 1. The Morgan fingerprint density at radius 1 is 1.18 bits per heavy atom. The largest absolute Gasteiger partial charge is 0.444 e. The monoisotopic (exact) mass is 301 g/mol. The number of benzene rings is 1. The van der Waals surface area contributed by atoms with Gasteiger partial charge in [-0.15, -0.1) is 0 Å². The predicted molar refractivity (Wildman–Crippen MR) is 83.8 cm³/mol. The third kappa shape index (κ3) is 3.32. The van der Waals surface area contributed by atoms with E-state index in [0.29, 0.717) is 13.1 Å². The molecule has 4 nitrogen and oxygen atoms in total. The number of carbonyl (C=O) groups excluding carboxylic acids is 2. The molecule has 1 aromatic rings. The summed E-state index contributed by atoms with van der Waals surface area (Å²) in [6.07, 6.45) is 2.57. The van der Waals surface area contributed by atoms with Crippen molar-refractivity contribution in [3.8, 4) is 0 Å². The van der Waals surface area contributed by atoms with Gasteiger partial charge in [-0.2, -0.15) is 0 Å². The van der Waals surface area contributed by atoms with E-state index in [0.717, 1.165) is 30.4 Å². The minimum Gasteiger partial charge on any atom is -0.444 e. The third-order valence-electron chi connectivity index (χ3n) is 4.10. The maximum absolute atomic E-state index is 12.1. The fraction of sp³-hybridized carbons (Fsp3) is 0.556. The Labute approximate surface area is 131 Å². The fourth-order valence-corrected chi connectivity index (χ4v) is 2.77. The number of nitrogens with zero attached hydrogens (tertiary/aromatic N) is 1. The molecule has 1 aromatic carbocycles. The van der Waals surface area contributed by atoms with Crippen molar-refractivity contribution >= 4 is 11.9 Å². The van der Waals surface area contributed by atoms with Gasteiger partial charge in [-0.3, -0.25) is 4.79 Å². The average Bonchev–Trinajstić information content (AvgIpc) is 3.28. The van der Waals surface area contributed by atoms with Crippen LogP contribution >= 0.6 is 0 Å². The molecular formula is C18H23NO3. The lowest BCUT2D eigenvalue weighted by molar-refractivity contribution is 0.0224. The lowest BCUT2D eigenvalue weighted by Gasteiger charge is -2.31. The van der Waals surface area contributed by atoms with E-state index in [1.165, 1.54) is 5.56 Å². The number of hydrogen-bond donors (Lipinski definition) is 0. The number of ether oxygens (including phenoxy) is 1. The SMILES string of the molecule is CC(C)(C)OC(=O)N1CCc2cc(C(=O)C3CC3)ccc2C1. The summed E-state index contributed by atoms with van der Waals surface area (Å²) in [6.45, 7) is 6.82. The van der Waals surface area contributed by atoms with Crippen LogP contribution in [0, 0.1) is 5.92 Å². The second-order valence-corrected chi connectivity index (χ2v) is 7.27. The van der Waals surface area contributed by atoms with Crippen molar-refractivity contribution in [2.24, 2.45) is 5.92 Å². The summed E-state index contributed by atoms with van der Waals surface area (Å²) in [5.74, 6) is 0.525. The summed E-state index contributed by atoms with van der Waals surface area (Å²) in [4.78, 5) is 26.0. The molecule has 0 spiro atoms. The summed E-state index contributed by atoms with van der Waals surface area (Å²) in [7, 11) is 0. The first-order chi connectivity index (χ1) is 10.3. The van der Waals surface area contributed by atoms with E-state index in [-0.39, 0.29) is 17.8 Å². The van der Waals surface area contributed by atoms with Crippen LogP contribution in [0.2, 0.25) is 0 Å². The summed E-state index contributed by atoms with van der Waals surface area (Å²) < 4.78 is 5.43. The number of amides is 1. The van der Waals surface area contributed by atoms with Crippen molar-refractivity contribution in [3.05, 3.63) is 34.9 Å². The Morgan fingerprint density at radius 2 is 1.91 bits per heavy atom. The number of carbonyl (C=O) groups is 2. The molecule has 118 valence electrons. The van der Waals surface area contributed by atoms with Crippen LogP contribution in [-0.2, 0) is 17.7 Å². The van der Waals surface area contributed by atoms with Gasteiger partial charge < -0.3 is 9.64 Å². The van der Waals surface area contributed by atoms with Gasteiger partial charge in [0.1, 0.15) is 5.60 Å². The quantitative estimate of drug-likeness (QED) is 0.784. The highest BCUT2D eigenvalue weighted by Gasteiger charge is 2.31. The number of ketones is 1. The molecule has 0 unspecified atom stereocenters. The smallest absolute Gasteiger partial charge is 0.410 e. The van der Waals surface area contributed by atoms with Crippen molar-refractivity contribution in [2.75, 3.05) is 6.54 Å². The summed E-state index contributed by atoms with van der Waals surface area (Å²) in [5.41, 5.74) is 2.65. The van der Waals surface area contributed by atoms with E-state index in [1.54, 1.807) is 4.90 Å². The van der Waals surface area contributed by atoms with Crippen LogP contribution < -0.4 is 0 Å². The molecule has 3 rings (SSSR count). The Bertz CT molecular complexity index is 611. The Morgan fingerprint density at radius 3 is 2.55 bits per heavy atom. The first-order valence-corrected chi connectivity index (χ1v) is 7.97. The molecule has 4 heteroatoms. The van der Waals surface area contributed by atoms with Crippen molar-refractivity contribution in [1.82, 2.24) is 4.90 Å². The molecule has 1 aliphatic heterocycles. The van der Waals surface area contributed by atoms with Crippen molar-refractivity contribution in [2.45, 2.75) is 52.2 Å². The van der Waals surface area contributed by atoms with Crippen LogP contribution in [0.1, 0.15) is 55.1 Å². The minimum absolute atomic E-state index is 0.250. The van der Waals surface area contributed by atoms with Crippen molar-refractivity contribution in [3.63, 3.8) is 0 Å². The molecule has 0 aromatic heterocycles. The van der Waals surface area contributed by atoms with Crippen LogP contribution in [0.4, 0.5) is 4.79 Å². The standard InChI is InChI=1S/C18H23NO3/c1-18(2,3)22-17(21)19-9-8-13-10-14(6-7-15(13)11-19)16(20)12-4-5-12/h6-7,10,12H,4-5,8-9,11H2,1-3H3. The summed E-state index contributed by atoms with van der Waals surface area (Å²) in [6, 6.07) is 5.90. The normalized spacial score (nSPS) is 17.9. The Hall–Kier alpha value is -1.84. The fourth-order valence-electron chi connectivity index (χ4n) is 2.77. The Balaban J connectivity index is 1.71. The topological polar surface area (TPSA) is 46.6 Å². The minimum atomic E-state index is -0.474. The van der Waals surface area contributed by atoms with Gasteiger partial charge in [-0.1, -0.05) is 12.1 Å². The molecular weight excluding hydrogens is 278 g/mol. The van der Waals surface area contributed by atoms with Crippen LogP contribution in [-0.4, -0.2) is 28.9 Å². The van der Waals surface area contributed by atoms with Crippen LogP contribution in [0.25, 0.3) is 0 Å². The summed E-state index contributed by atoms with van der Waals surface area (Å²) >= 11 is 0. The van der Waals surface area contributed by atoms with E-state index in [2.05, 4.69) is 0 Å². The van der Waals surface area contributed by atoms with Crippen LogP contribution in [0.15, 0.2) is 18.2 Å². The molecule has 0 radical (unpaired) electrons. The number of rotatable bonds is 2. The zero-order chi connectivity index (χ0) is 15.9. The molecule has 1 amide bonds. The van der Waals surface area contributed by atoms with Gasteiger partial charge in [0.05, 0.1) is 0 Å². The Kier molecular flexibility index (Phi) is 3.71. The van der Waals surface area contributed by atoms with Crippen LogP contribution in [0.5, 0.6) is 0 Å². The lowest BCUT2D eigenvalue weighted by atomic mass is 9.95. The molecule has 0 N–H and O–H groups in total. The molecule has 0 saturated heterocycles. The van der Waals surface area contributed by atoms with E-state index in [1.807, 2.05) is 39.0 Å². The van der Waals surface area contributed by atoms with E-state index >= 15 is 0 Å². The predicted octanol–water partition coefficient (Wildman–Crippen LogP) is 3.57. The molecule has 2 aliphatic rings. The molecule has 0 bridgehead atoms. The van der Waals surface area contributed by atoms with E-state index in [4.69, 9.17) is 4.74 Å². The third-order valence-corrected chi connectivity index (χ3v) is 4.10. The molecule has 0 atom stereocenters. The number of Topliss-reactive ketones (excluding diaryl/α,β-unsaturated/α-hetero) is 1. The second-order valence-electron chi connectivity index (χ2n) is 7.27. The zero-order valence-corrected chi connectivity index (χ0v) is 13.5. The average molecular weight is 301 g/mol. The number of hydrogen-bond acceptors (Lipinski definition) is 3. The van der Waals surface area contributed by atoms with Gasteiger partial charge >= 0.3 is 6.09 Å². The maximum atomic E-state index is 12.1. The highest BCUT2D eigenvalue weighted by Crippen LogP contribution is 2.33. The van der Waals surface area contributed by atoms with Crippen LogP contribution in [0.3, 0.4) is 0 Å². The zero-order valence-electron chi connectivity index (χ0n) is 13.5. The molecule has 1 aliphatic carbocycles. The second kappa shape index (κ2) is 5.41. The molecule has 1 saturated carbocycles. The van der Waals surface area contributed by atoms with Gasteiger partial charge in [0, 0.05) is 24.6 Å². The van der Waals surface area contributed by atoms with Crippen molar-refractivity contribution in [1.29, 1.82) is 0 Å². The highest BCUT2D eigenvalue weighted by molar-refractivity contribution is 5.99. The van der Waals surface area contributed by atoms with Gasteiger partial charge in [-0.05, 0) is 57.2 Å². The highest BCUT2D eigenvalue weighted by atomic mass is 16.6. The van der Waals surface area contributed by atoms with Gasteiger partial charge in [0.25, 0.3) is 0 Å². The molecule has 1 fully saturated rings.